The second kappa shape index (κ2) is 7.48. The van der Waals surface area contributed by atoms with Gasteiger partial charge in [0.15, 0.2) is 0 Å². The molecule has 7 nitrogen and oxygen atoms in total. The van der Waals surface area contributed by atoms with E-state index < -0.39 is 17.3 Å². The highest BCUT2D eigenvalue weighted by molar-refractivity contribution is 9.10. The molecule has 1 atom stereocenters. The number of fused-ring (bicyclic) bond motifs is 1. The lowest BCUT2D eigenvalue weighted by atomic mass is 9.82. The number of ether oxygens (including phenoxy) is 2. The van der Waals surface area contributed by atoms with Crippen LogP contribution in [0.25, 0.3) is 0 Å². The summed E-state index contributed by atoms with van der Waals surface area (Å²) in [5.41, 5.74) is -0.0602. The van der Waals surface area contributed by atoms with Gasteiger partial charge in [-0.25, -0.2) is 14.8 Å². The number of nitrogens with zero attached hydrogens (tertiary/aromatic N) is 3. The third kappa shape index (κ3) is 4.17. The smallest absolute Gasteiger partial charge is 0.408 e. The maximum Gasteiger partial charge on any atom is 0.408 e. The molecule has 8 heteroatoms. The summed E-state index contributed by atoms with van der Waals surface area (Å²) in [5, 5.41) is 3.08. The van der Waals surface area contributed by atoms with Crippen molar-refractivity contribution in [2.45, 2.75) is 50.9 Å². The van der Waals surface area contributed by atoms with E-state index in [9.17, 15) is 4.79 Å². The van der Waals surface area contributed by atoms with Gasteiger partial charge in [-0.1, -0.05) is 18.2 Å². The summed E-state index contributed by atoms with van der Waals surface area (Å²) < 4.78 is 12.7. The Hall–Kier alpha value is -2.35. The summed E-state index contributed by atoms with van der Waals surface area (Å²) >= 11 is 3.32. The predicted molar refractivity (Wildman–Crippen MR) is 113 cm³/mol. The number of hydrogen-bond donors (Lipinski definition) is 1. The van der Waals surface area contributed by atoms with E-state index in [0.29, 0.717) is 4.60 Å². The van der Waals surface area contributed by atoms with Gasteiger partial charge in [-0.05, 0) is 42.8 Å². The summed E-state index contributed by atoms with van der Waals surface area (Å²) in [6.45, 7) is 7.10. The molecule has 3 heterocycles. The average molecular weight is 461 g/mol. The van der Waals surface area contributed by atoms with Crippen molar-refractivity contribution < 1.29 is 14.3 Å². The molecule has 0 saturated carbocycles. The minimum absolute atomic E-state index is 0.258. The highest BCUT2D eigenvalue weighted by atomic mass is 79.9. The number of carbonyl (C=O) groups excluding carboxylic acids is 1. The van der Waals surface area contributed by atoms with Crippen molar-refractivity contribution >= 4 is 27.8 Å². The molecule has 2 aromatic rings. The topological polar surface area (TPSA) is 76.6 Å². The lowest BCUT2D eigenvalue weighted by molar-refractivity contribution is 0.0149. The Morgan fingerprint density at radius 2 is 1.97 bits per heavy atom. The van der Waals surface area contributed by atoms with Crippen molar-refractivity contribution in [3.8, 4) is 5.75 Å². The van der Waals surface area contributed by atoms with E-state index in [2.05, 4.69) is 36.1 Å². The number of piperidine rings is 1. The van der Waals surface area contributed by atoms with E-state index >= 15 is 0 Å². The molecule has 2 aliphatic heterocycles. The number of alkyl carbamates (subject to hydrolysis) is 1. The third-order valence-electron chi connectivity index (χ3n) is 5.27. The number of amides is 1. The van der Waals surface area contributed by atoms with Gasteiger partial charge in [0.1, 0.15) is 33.4 Å². The fraction of sp³-hybridized carbons (Fsp3) is 0.476. The van der Waals surface area contributed by atoms with Crippen LogP contribution in [0.1, 0.15) is 45.2 Å². The minimum atomic E-state index is -0.556. The Morgan fingerprint density at radius 3 is 2.62 bits per heavy atom. The van der Waals surface area contributed by atoms with Crippen LogP contribution in [0.2, 0.25) is 0 Å². The quantitative estimate of drug-likeness (QED) is 0.721. The summed E-state index contributed by atoms with van der Waals surface area (Å²) in [4.78, 5) is 23.5. The minimum Gasteiger partial charge on any atom is -0.484 e. The summed E-state index contributed by atoms with van der Waals surface area (Å²) in [6.07, 6.45) is 4.54. The van der Waals surface area contributed by atoms with Gasteiger partial charge in [0, 0.05) is 31.5 Å². The highest BCUT2D eigenvalue weighted by Gasteiger charge is 2.51. The van der Waals surface area contributed by atoms with E-state index in [1.54, 1.807) is 12.4 Å². The summed E-state index contributed by atoms with van der Waals surface area (Å²) in [5.74, 6) is 1.67. The van der Waals surface area contributed by atoms with Gasteiger partial charge in [0.2, 0.25) is 0 Å². The number of nitrogens with one attached hydrogen (secondary N) is 1. The summed E-state index contributed by atoms with van der Waals surface area (Å²) in [6, 6.07) is 7.64. The van der Waals surface area contributed by atoms with Gasteiger partial charge >= 0.3 is 6.09 Å². The Labute approximate surface area is 178 Å². The molecule has 154 valence electrons. The van der Waals surface area contributed by atoms with Crippen LogP contribution >= 0.6 is 15.9 Å². The molecule has 1 aromatic heterocycles. The van der Waals surface area contributed by atoms with Gasteiger partial charge in [-0.3, -0.25) is 0 Å². The molecule has 0 aliphatic carbocycles. The van der Waals surface area contributed by atoms with Crippen molar-refractivity contribution in [2.24, 2.45) is 0 Å². The zero-order chi connectivity index (χ0) is 20.6. The van der Waals surface area contributed by atoms with Crippen molar-refractivity contribution in [1.82, 2.24) is 15.3 Å². The lowest BCUT2D eigenvalue weighted by Gasteiger charge is -2.42. The Balaban J connectivity index is 1.54. The van der Waals surface area contributed by atoms with Crippen LogP contribution in [0, 0.1) is 0 Å². The van der Waals surface area contributed by atoms with Crippen molar-refractivity contribution in [2.75, 3.05) is 18.0 Å². The van der Waals surface area contributed by atoms with Crippen LogP contribution in [0.4, 0.5) is 10.6 Å². The number of hydrogen-bond acceptors (Lipinski definition) is 6. The fourth-order valence-electron chi connectivity index (χ4n) is 3.98. The van der Waals surface area contributed by atoms with Gasteiger partial charge < -0.3 is 19.7 Å². The Morgan fingerprint density at radius 1 is 1.24 bits per heavy atom. The predicted octanol–water partition coefficient (Wildman–Crippen LogP) is 4.24. The normalized spacial score (nSPS) is 20.1. The fourth-order valence-corrected chi connectivity index (χ4v) is 4.19. The first-order valence-corrected chi connectivity index (χ1v) is 10.6. The molecular formula is C21H25BrN4O3. The van der Waals surface area contributed by atoms with E-state index in [-0.39, 0.29) is 6.04 Å². The highest BCUT2D eigenvalue weighted by Crippen LogP contribution is 2.48. The van der Waals surface area contributed by atoms with E-state index in [1.165, 1.54) is 0 Å². The van der Waals surface area contributed by atoms with Crippen molar-refractivity contribution in [3.05, 3.63) is 46.8 Å². The zero-order valence-electron chi connectivity index (χ0n) is 16.8. The van der Waals surface area contributed by atoms with Gasteiger partial charge in [-0.2, -0.15) is 0 Å². The molecule has 1 spiro atoms. The maximum atomic E-state index is 12.5. The number of anilines is 1. The van der Waals surface area contributed by atoms with Crippen molar-refractivity contribution in [1.29, 1.82) is 0 Å². The molecule has 2 aliphatic rings. The van der Waals surface area contributed by atoms with Gasteiger partial charge in [0.25, 0.3) is 0 Å². The number of aromatic nitrogens is 2. The van der Waals surface area contributed by atoms with Crippen LogP contribution in [-0.4, -0.2) is 40.4 Å². The average Bonchev–Trinajstić information content (AvgIpc) is 2.95. The number of para-hydroxylation sites is 1. The van der Waals surface area contributed by atoms with Crippen LogP contribution in [0.3, 0.4) is 0 Å². The molecule has 0 bridgehead atoms. The monoisotopic (exact) mass is 460 g/mol. The van der Waals surface area contributed by atoms with Crippen LogP contribution < -0.4 is 15.0 Å². The standard InChI is InChI=1S/C21H25BrN4O3/c1-20(2,3)29-19(27)25-18-14-6-4-5-7-15(14)28-21(18)8-10-26(11-9-21)17-13-23-16(22)12-24-17/h4-7,12-13,18H,8-11H2,1-3H3,(H,25,27). The first-order valence-electron chi connectivity index (χ1n) is 9.76. The number of halogens is 1. The molecule has 1 fully saturated rings. The van der Waals surface area contributed by atoms with Crippen LogP contribution in [-0.2, 0) is 4.74 Å². The molecule has 1 unspecified atom stereocenters. The van der Waals surface area contributed by atoms with Gasteiger partial charge in [-0.15, -0.1) is 0 Å². The van der Waals surface area contributed by atoms with Crippen molar-refractivity contribution in [3.63, 3.8) is 0 Å². The molecule has 1 saturated heterocycles. The summed E-state index contributed by atoms with van der Waals surface area (Å²) in [7, 11) is 0. The molecule has 1 N–H and O–H groups in total. The molecule has 29 heavy (non-hydrogen) atoms. The zero-order valence-corrected chi connectivity index (χ0v) is 18.4. The Kier molecular flexibility index (Phi) is 5.14. The molecule has 4 rings (SSSR count). The van der Waals surface area contributed by atoms with Crippen LogP contribution in [0.15, 0.2) is 41.3 Å². The number of benzene rings is 1. The number of rotatable bonds is 2. The van der Waals surface area contributed by atoms with Crippen LogP contribution in [0.5, 0.6) is 5.75 Å². The molecule has 0 radical (unpaired) electrons. The van der Waals surface area contributed by atoms with Gasteiger partial charge in [0.05, 0.1) is 12.4 Å². The second-order valence-corrected chi connectivity index (χ2v) is 9.28. The molecule has 1 aromatic carbocycles. The first kappa shape index (κ1) is 19.9. The maximum absolute atomic E-state index is 12.5. The van der Waals surface area contributed by atoms with E-state index in [0.717, 1.165) is 43.1 Å². The largest absolute Gasteiger partial charge is 0.484 e. The molecular weight excluding hydrogens is 436 g/mol. The third-order valence-corrected chi connectivity index (χ3v) is 5.68. The first-order chi connectivity index (χ1) is 13.8. The molecule has 1 amide bonds. The van der Waals surface area contributed by atoms with E-state index in [4.69, 9.17) is 9.47 Å². The lowest BCUT2D eigenvalue weighted by Crippen LogP contribution is -2.54. The van der Waals surface area contributed by atoms with E-state index in [1.807, 2.05) is 45.0 Å². The Bertz CT molecular complexity index is 890. The second-order valence-electron chi connectivity index (χ2n) is 8.47. The SMILES string of the molecule is CC(C)(C)OC(=O)NC1c2ccccc2OC12CCN(c1cnc(Br)cn1)CC2. The number of carbonyl (C=O) groups is 1.